The molecule has 0 aliphatic rings. The molecule has 7 nitrogen and oxygen atoms in total. The molecule has 4 aromatic rings. The third kappa shape index (κ3) is 2.94. The van der Waals surface area contributed by atoms with Crippen LogP contribution in [-0.2, 0) is 6.42 Å². The standard InChI is InChI=1S/C20H14N2O5/c23-10-9-13-11-16-15-3-1-2-4-17(15)27-20(24)19(16)21-18(13)12-5-7-14(8-6-12)22(25)26/h1-8,11,23H,9-10H2. The summed E-state index contributed by atoms with van der Waals surface area (Å²) in [6, 6.07) is 14.9. The number of hydrogen-bond acceptors (Lipinski definition) is 6. The summed E-state index contributed by atoms with van der Waals surface area (Å²) in [4.78, 5) is 27.3. The van der Waals surface area contributed by atoms with E-state index in [1.165, 1.54) is 12.1 Å². The lowest BCUT2D eigenvalue weighted by Gasteiger charge is -2.11. The third-order valence-corrected chi connectivity index (χ3v) is 4.41. The van der Waals surface area contributed by atoms with Crippen LogP contribution in [0, 0.1) is 10.1 Å². The second kappa shape index (κ2) is 6.62. The van der Waals surface area contributed by atoms with Gasteiger partial charge in [0.2, 0.25) is 0 Å². The summed E-state index contributed by atoms with van der Waals surface area (Å²) in [6.07, 6.45) is 0.337. The van der Waals surface area contributed by atoms with Crippen LogP contribution in [0.3, 0.4) is 0 Å². The van der Waals surface area contributed by atoms with Crippen LogP contribution < -0.4 is 5.63 Å². The van der Waals surface area contributed by atoms with Crippen LogP contribution in [0.1, 0.15) is 5.56 Å². The van der Waals surface area contributed by atoms with Crippen molar-refractivity contribution < 1.29 is 14.4 Å². The van der Waals surface area contributed by atoms with Crippen LogP contribution in [-0.4, -0.2) is 21.6 Å². The second-order valence-electron chi connectivity index (χ2n) is 6.06. The van der Waals surface area contributed by atoms with E-state index in [2.05, 4.69) is 4.98 Å². The molecule has 27 heavy (non-hydrogen) atoms. The monoisotopic (exact) mass is 362 g/mol. The first-order valence-corrected chi connectivity index (χ1v) is 8.29. The topological polar surface area (TPSA) is 106 Å². The first-order valence-electron chi connectivity index (χ1n) is 8.29. The first kappa shape index (κ1) is 16.9. The fraction of sp³-hybridized carbons (Fsp3) is 0.100. The molecule has 0 atom stereocenters. The predicted octanol–water partition coefficient (Wildman–Crippen LogP) is 3.45. The van der Waals surface area contributed by atoms with Gasteiger partial charge in [-0.3, -0.25) is 10.1 Å². The van der Waals surface area contributed by atoms with Crippen molar-refractivity contribution in [3.05, 3.63) is 80.7 Å². The summed E-state index contributed by atoms with van der Waals surface area (Å²) >= 11 is 0. The Hall–Kier alpha value is -3.58. The van der Waals surface area contributed by atoms with Gasteiger partial charge in [0.1, 0.15) is 5.58 Å². The maximum atomic E-state index is 12.4. The molecule has 0 radical (unpaired) electrons. The molecule has 2 aromatic carbocycles. The SMILES string of the molecule is O=c1oc2ccccc2c2cc(CCO)c(-c3ccc([N+](=O)[O-])cc3)nc12. The zero-order valence-corrected chi connectivity index (χ0v) is 14.1. The minimum Gasteiger partial charge on any atom is -0.421 e. The number of para-hydroxylation sites is 1. The Morgan fingerprint density at radius 1 is 1.07 bits per heavy atom. The van der Waals surface area contributed by atoms with E-state index in [4.69, 9.17) is 4.42 Å². The second-order valence-corrected chi connectivity index (χ2v) is 6.06. The maximum absolute atomic E-state index is 12.4. The van der Waals surface area contributed by atoms with Crippen LogP contribution in [0.15, 0.2) is 63.8 Å². The van der Waals surface area contributed by atoms with Gasteiger partial charge in [0, 0.05) is 35.1 Å². The number of aromatic nitrogens is 1. The number of aliphatic hydroxyl groups excluding tert-OH is 1. The number of fused-ring (bicyclic) bond motifs is 3. The molecule has 2 aromatic heterocycles. The van der Waals surface area contributed by atoms with Crippen molar-refractivity contribution in [3.8, 4) is 11.3 Å². The van der Waals surface area contributed by atoms with Gasteiger partial charge in [-0.15, -0.1) is 0 Å². The average Bonchev–Trinajstić information content (AvgIpc) is 2.68. The van der Waals surface area contributed by atoms with Gasteiger partial charge in [-0.2, -0.15) is 0 Å². The molecule has 0 bridgehead atoms. The van der Waals surface area contributed by atoms with E-state index < -0.39 is 10.5 Å². The molecule has 0 unspecified atom stereocenters. The number of non-ortho nitro benzene ring substituents is 1. The highest BCUT2D eigenvalue weighted by molar-refractivity contribution is 6.03. The van der Waals surface area contributed by atoms with Gasteiger partial charge in [-0.25, -0.2) is 9.78 Å². The molecule has 7 heteroatoms. The summed E-state index contributed by atoms with van der Waals surface area (Å²) in [5.41, 5.74) is 1.93. The summed E-state index contributed by atoms with van der Waals surface area (Å²) in [7, 11) is 0. The van der Waals surface area contributed by atoms with E-state index in [0.717, 1.165) is 10.9 Å². The van der Waals surface area contributed by atoms with Crippen LogP contribution in [0.5, 0.6) is 0 Å². The van der Waals surface area contributed by atoms with E-state index in [1.807, 2.05) is 18.2 Å². The summed E-state index contributed by atoms with van der Waals surface area (Å²) in [5.74, 6) is 0. The lowest BCUT2D eigenvalue weighted by Crippen LogP contribution is -2.06. The van der Waals surface area contributed by atoms with Crippen LogP contribution in [0.25, 0.3) is 33.1 Å². The van der Waals surface area contributed by atoms with Crippen molar-refractivity contribution in [2.75, 3.05) is 6.61 Å². The Balaban J connectivity index is 2.01. The number of nitro benzene ring substituents is 1. The first-order chi connectivity index (χ1) is 13.1. The van der Waals surface area contributed by atoms with Crippen LogP contribution >= 0.6 is 0 Å². The van der Waals surface area contributed by atoms with Crippen molar-refractivity contribution in [1.29, 1.82) is 0 Å². The summed E-state index contributed by atoms with van der Waals surface area (Å²) < 4.78 is 5.36. The molecule has 1 N–H and O–H groups in total. The van der Waals surface area contributed by atoms with E-state index in [9.17, 15) is 20.0 Å². The molecular weight excluding hydrogens is 348 g/mol. The Bertz CT molecular complexity index is 1230. The molecule has 2 heterocycles. The van der Waals surface area contributed by atoms with Gasteiger partial charge < -0.3 is 9.52 Å². The molecule has 0 aliphatic carbocycles. The molecule has 0 amide bonds. The lowest BCUT2D eigenvalue weighted by molar-refractivity contribution is -0.384. The van der Waals surface area contributed by atoms with Gasteiger partial charge in [0.05, 0.1) is 10.6 Å². The van der Waals surface area contributed by atoms with Gasteiger partial charge >= 0.3 is 5.63 Å². The molecule has 0 fully saturated rings. The van der Waals surface area contributed by atoms with Crippen molar-refractivity contribution in [2.24, 2.45) is 0 Å². The van der Waals surface area contributed by atoms with Gasteiger partial charge in [-0.1, -0.05) is 18.2 Å². The van der Waals surface area contributed by atoms with Crippen LogP contribution in [0.4, 0.5) is 5.69 Å². The fourth-order valence-corrected chi connectivity index (χ4v) is 3.14. The van der Waals surface area contributed by atoms with Gasteiger partial charge in [0.15, 0.2) is 5.52 Å². The zero-order chi connectivity index (χ0) is 19.0. The van der Waals surface area contributed by atoms with Crippen LogP contribution in [0.2, 0.25) is 0 Å². The van der Waals surface area contributed by atoms with Gasteiger partial charge in [-0.05, 0) is 36.2 Å². The summed E-state index contributed by atoms with van der Waals surface area (Å²) in [5, 5.41) is 21.7. The average molecular weight is 362 g/mol. The minimum atomic E-state index is -0.553. The highest BCUT2D eigenvalue weighted by atomic mass is 16.6. The van der Waals surface area contributed by atoms with Crippen molar-refractivity contribution in [3.63, 3.8) is 0 Å². The highest BCUT2D eigenvalue weighted by Gasteiger charge is 2.15. The minimum absolute atomic E-state index is 0.0336. The largest absolute Gasteiger partial charge is 0.421 e. The number of aliphatic hydroxyl groups is 1. The third-order valence-electron chi connectivity index (χ3n) is 4.41. The Morgan fingerprint density at radius 2 is 1.81 bits per heavy atom. The fourth-order valence-electron chi connectivity index (χ4n) is 3.14. The van der Waals surface area contributed by atoms with Crippen molar-refractivity contribution in [1.82, 2.24) is 4.98 Å². The smallest absolute Gasteiger partial charge is 0.363 e. The van der Waals surface area contributed by atoms with E-state index >= 15 is 0 Å². The number of pyridine rings is 1. The lowest BCUT2D eigenvalue weighted by atomic mass is 10.00. The number of nitrogens with zero attached hydrogens (tertiary/aromatic N) is 2. The molecule has 4 rings (SSSR count). The maximum Gasteiger partial charge on any atom is 0.363 e. The van der Waals surface area contributed by atoms with Crippen molar-refractivity contribution >= 4 is 27.6 Å². The Morgan fingerprint density at radius 3 is 2.52 bits per heavy atom. The van der Waals surface area contributed by atoms with E-state index in [-0.39, 0.29) is 17.8 Å². The predicted molar refractivity (Wildman–Crippen MR) is 101 cm³/mol. The molecule has 134 valence electrons. The number of hydrogen-bond donors (Lipinski definition) is 1. The van der Waals surface area contributed by atoms with Gasteiger partial charge in [0.25, 0.3) is 5.69 Å². The Kier molecular flexibility index (Phi) is 4.13. The normalized spacial score (nSPS) is 11.1. The molecule has 0 aliphatic heterocycles. The highest BCUT2D eigenvalue weighted by Crippen LogP contribution is 2.29. The van der Waals surface area contributed by atoms with Crippen molar-refractivity contribution in [2.45, 2.75) is 6.42 Å². The Labute approximate surface area is 152 Å². The number of rotatable bonds is 4. The summed E-state index contributed by atoms with van der Waals surface area (Å²) in [6.45, 7) is -0.0907. The van der Waals surface area contributed by atoms with E-state index in [1.54, 1.807) is 24.3 Å². The molecular formula is C20H14N2O5. The zero-order valence-electron chi connectivity index (χ0n) is 14.1. The molecule has 0 saturated carbocycles. The molecule has 0 spiro atoms. The number of nitro groups is 1. The molecule has 0 saturated heterocycles. The van der Waals surface area contributed by atoms with E-state index in [0.29, 0.717) is 28.6 Å². The number of benzene rings is 2. The quantitative estimate of drug-likeness (QED) is 0.258.